The number of rotatable bonds is 9. The molecule has 4 nitrogen and oxygen atoms in total. The van der Waals surface area contributed by atoms with Gasteiger partial charge < -0.3 is 14.8 Å². The van der Waals surface area contributed by atoms with Crippen LogP contribution in [0.3, 0.4) is 0 Å². The molecule has 1 N–H and O–H groups in total. The van der Waals surface area contributed by atoms with E-state index in [0.29, 0.717) is 13.2 Å². The van der Waals surface area contributed by atoms with Crippen molar-refractivity contribution >= 4 is 21.7 Å². The molecular formula is C13H21BrN2O2. The molecular weight excluding hydrogens is 296 g/mol. The first-order valence-electron chi connectivity index (χ1n) is 6.16. The summed E-state index contributed by atoms with van der Waals surface area (Å²) in [5, 5.41) is 3.30. The Morgan fingerprint density at radius 2 is 2.11 bits per heavy atom. The van der Waals surface area contributed by atoms with Crippen molar-refractivity contribution in [1.29, 1.82) is 0 Å². The molecule has 0 unspecified atom stereocenters. The van der Waals surface area contributed by atoms with Gasteiger partial charge >= 0.3 is 0 Å². The Labute approximate surface area is 117 Å². The topological polar surface area (TPSA) is 43.4 Å². The lowest BCUT2D eigenvalue weighted by Gasteiger charge is -2.07. The Morgan fingerprint density at radius 1 is 1.28 bits per heavy atom. The second kappa shape index (κ2) is 9.30. The number of halogens is 1. The summed E-state index contributed by atoms with van der Waals surface area (Å²) in [4.78, 5) is 4.29. The predicted octanol–water partition coefficient (Wildman–Crippen LogP) is 3.01. The minimum Gasteiger partial charge on any atom is -0.382 e. The van der Waals surface area contributed by atoms with E-state index in [-0.39, 0.29) is 0 Å². The molecule has 0 aliphatic rings. The van der Waals surface area contributed by atoms with E-state index in [4.69, 9.17) is 9.47 Å². The highest BCUT2D eigenvalue weighted by atomic mass is 79.9. The third-order valence-electron chi connectivity index (χ3n) is 2.50. The van der Waals surface area contributed by atoms with E-state index in [9.17, 15) is 0 Å². The molecule has 1 aromatic rings. The Balaban J connectivity index is 2.05. The molecule has 1 heterocycles. The van der Waals surface area contributed by atoms with Gasteiger partial charge in [-0.3, -0.25) is 0 Å². The van der Waals surface area contributed by atoms with Crippen molar-refractivity contribution in [2.45, 2.75) is 19.8 Å². The molecule has 5 heteroatoms. The Bertz CT molecular complexity index is 348. The number of nitrogens with one attached hydrogen (secondary N) is 1. The standard InChI is InChI=1S/C13H21BrN2O2/c1-11-9-13(16-10-12(11)14)15-5-3-4-6-18-8-7-17-2/h9-10H,3-8H2,1-2H3,(H,15,16). The Hall–Kier alpha value is -0.650. The summed E-state index contributed by atoms with van der Waals surface area (Å²) in [6, 6.07) is 2.04. The fourth-order valence-electron chi connectivity index (χ4n) is 1.43. The molecule has 0 radical (unpaired) electrons. The van der Waals surface area contributed by atoms with E-state index in [1.165, 1.54) is 5.56 Å². The molecule has 0 aromatic carbocycles. The number of pyridine rings is 1. The second-order valence-electron chi connectivity index (χ2n) is 4.06. The fourth-order valence-corrected chi connectivity index (χ4v) is 1.64. The van der Waals surface area contributed by atoms with Crippen molar-refractivity contribution in [2.75, 3.05) is 38.8 Å². The van der Waals surface area contributed by atoms with Crippen LogP contribution in [0.5, 0.6) is 0 Å². The first-order chi connectivity index (χ1) is 8.74. The maximum absolute atomic E-state index is 5.39. The van der Waals surface area contributed by atoms with Crippen LogP contribution in [0.2, 0.25) is 0 Å². The summed E-state index contributed by atoms with van der Waals surface area (Å²) in [7, 11) is 1.68. The third-order valence-corrected chi connectivity index (χ3v) is 3.33. The van der Waals surface area contributed by atoms with Gasteiger partial charge in [-0.1, -0.05) is 0 Å². The predicted molar refractivity (Wildman–Crippen MR) is 77.1 cm³/mol. The zero-order valence-corrected chi connectivity index (χ0v) is 12.6. The summed E-state index contributed by atoms with van der Waals surface area (Å²) in [5.41, 5.74) is 1.19. The number of nitrogens with zero attached hydrogens (tertiary/aromatic N) is 1. The van der Waals surface area contributed by atoms with Crippen LogP contribution in [0, 0.1) is 6.92 Å². The molecule has 0 saturated heterocycles. The van der Waals surface area contributed by atoms with Gasteiger partial charge in [0.15, 0.2) is 0 Å². The minimum atomic E-state index is 0.667. The molecule has 0 aliphatic carbocycles. The van der Waals surface area contributed by atoms with Crippen molar-refractivity contribution in [3.8, 4) is 0 Å². The van der Waals surface area contributed by atoms with Gasteiger partial charge in [-0.05, 0) is 47.3 Å². The normalized spacial score (nSPS) is 10.6. The SMILES string of the molecule is COCCOCCCCNc1cc(C)c(Br)cn1. The van der Waals surface area contributed by atoms with Crippen LogP contribution in [0.4, 0.5) is 5.82 Å². The summed E-state index contributed by atoms with van der Waals surface area (Å²) in [6.45, 7) is 5.11. The molecule has 0 amide bonds. The molecule has 0 spiro atoms. The number of hydrogen-bond acceptors (Lipinski definition) is 4. The van der Waals surface area contributed by atoms with E-state index >= 15 is 0 Å². The largest absolute Gasteiger partial charge is 0.382 e. The van der Waals surface area contributed by atoms with E-state index in [2.05, 4.69) is 33.2 Å². The van der Waals surface area contributed by atoms with E-state index < -0.39 is 0 Å². The Morgan fingerprint density at radius 3 is 2.83 bits per heavy atom. The number of hydrogen-bond donors (Lipinski definition) is 1. The zero-order chi connectivity index (χ0) is 13.2. The molecule has 102 valence electrons. The highest BCUT2D eigenvalue weighted by Gasteiger charge is 1.98. The van der Waals surface area contributed by atoms with Crippen LogP contribution in [0.15, 0.2) is 16.7 Å². The van der Waals surface area contributed by atoms with Crippen molar-refractivity contribution in [1.82, 2.24) is 4.98 Å². The fraction of sp³-hybridized carbons (Fsp3) is 0.615. The van der Waals surface area contributed by atoms with Gasteiger partial charge in [0, 0.05) is 30.9 Å². The van der Waals surface area contributed by atoms with Crippen LogP contribution in [-0.2, 0) is 9.47 Å². The van der Waals surface area contributed by atoms with Gasteiger partial charge in [0.05, 0.1) is 13.2 Å². The lowest BCUT2D eigenvalue weighted by atomic mass is 10.3. The molecule has 1 aromatic heterocycles. The van der Waals surface area contributed by atoms with E-state index in [1.807, 2.05) is 12.3 Å². The number of anilines is 1. The minimum absolute atomic E-state index is 0.667. The van der Waals surface area contributed by atoms with Crippen molar-refractivity contribution in [3.63, 3.8) is 0 Å². The summed E-state index contributed by atoms with van der Waals surface area (Å²) in [5.74, 6) is 0.927. The maximum Gasteiger partial charge on any atom is 0.126 e. The quantitative estimate of drug-likeness (QED) is 0.711. The lowest BCUT2D eigenvalue weighted by Crippen LogP contribution is -2.07. The monoisotopic (exact) mass is 316 g/mol. The molecule has 0 aliphatic heterocycles. The number of methoxy groups -OCH3 is 1. The molecule has 18 heavy (non-hydrogen) atoms. The number of aromatic nitrogens is 1. The zero-order valence-electron chi connectivity index (χ0n) is 11.0. The third kappa shape index (κ3) is 6.33. The van der Waals surface area contributed by atoms with Gasteiger partial charge in [0.1, 0.15) is 5.82 Å². The van der Waals surface area contributed by atoms with Crippen molar-refractivity contribution in [2.24, 2.45) is 0 Å². The summed E-state index contributed by atoms with van der Waals surface area (Å²) < 4.78 is 11.3. The van der Waals surface area contributed by atoms with Crippen LogP contribution >= 0.6 is 15.9 Å². The molecule has 1 rings (SSSR count). The highest BCUT2D eigenvalue weighted by Crippen LogP contribution is 2.17. The summed E-state index contributed by atoms with van der Waals surface area (Å²) in [6.07, 6.45) is 3.95. The lowest BCUT2D eigenvalue weighted by molar-refractivity contribution is 0.0691. The number of ether oxygens (including phenoxy) is 2. The smallest absolute Gasteiger partial charge is 0.126 e. The van der Waals surface area contributed by atoms with Gasteiger partial charge in [0.25, 0.3) is 0 Å². The average Bonchev–Trinajstić information content (AvgIpc) is 2.37. The van der Waals surface area contributed by atoms with E-state index in [1.54, 1.807) is 7.11 Å². The van der Waals surface area contributed by atoms with Crippen molar-refractivity contribution < 1.29 is 9.47 Å². The van der Waals surface area contributed by atoms with Gasteiger partial charge in [-0.15, -0.1) is 0 Å². The maximum atomic E-state index is 5.39. The number of unbranched alkanes of at least 4 members (excludes halogenated alkanes) is 1. The van der Waals surface area contributed by atoms with Crippen LogP contribution < -0.4 is 5.32 Å². The molecule has 0 atom stereocenters. The van der Waals surface area contributed by atoms with Crippen LogP contribution in [0.25, 0.3) is 0 Å². The molecule has 0 bridgehead atoms. The van der Waals surface area contributed by atoms with Gasteiger partial charge in [0.2, 0.25) is 0 Å². The summed E-state index contributed by atoms with van der Waals surface area (Å²) >= 11 is 3.44. The van der Waals surface area contributed by atoms with Crippen molar-refractivity contribution in [3.05, 3.63) is 22.3 Å². The Kier molecular flexibility index (Phi) is 7.96. The second-order valence-corrected chi connectivity index (χ2v) is 4.91. The number of aryl methyl sites for hydroxylation is 1. The average molecular weight is 317 g/mol. The van der Waals surface area contributed by atoms with Gasteiger partial charge in [-0.2, -0.15) is 0 Å². The van der Waals surface area contributed by atoms with Crippen LogP contribution in [-0.4, -0.2) is 38.5 Å². The van der Waals surface area contributed by atoms with Crippen LogP contribution in [0.1, 0.15) is 18.4 Å². The van der Waals surface area contributed by atoms with E-state index in [0.717, 1.165) is 36.3 Å². The first-order valence-corrected chi connectivity index (χ1v) is 6.96. The molecule has 0 fully saturated rings. The van der Waals surface area contributed by atoms with Gasteiger partial charge in [-0.25, -0.2) is 4.98 Å². The first kappa shape index (κ1) is 15.4. The molecule has 0 saturated carbocycles. The highest BCUT2D eigenvalue weighted by molar-refractivity contribution is 9.10.